The molecule has 1 aromatic rings. The highest BCUT2D eigenvalue weighted by atomic mass is 19.4. The van der Waals surface area contributed by atoms with Crippen molar-refractivity contribution >= 4 is 6.41 Å². The minimum atomic E-state index is -4.89. The van der Waals surface area contributed by atoms with Crippen molar-refractivity contribution in [2.24, 2.45) is 0 Å². The molecule has 8 heteroatoms. The molecule has 0 aliphatic carbocycles. The second-order valence-electron chi connectivity index (χ2n) is 3.85. The summed E-state index contributed by atoms with van der Waals surface area (Å²) in [6.07, 6.45) is -9.58. The lowest BCUT2D eigenvalue weighted by Crippen LogP contribution is -2.19. The van der Waals surface area contributed by atoms with Crippen molar-refractivity contribution in [1.82, 2.24) is 5.32 Å². The fourth-order valence-electron chi connectivity index (χ4n) is 1.43. The van der Waals surface area contributed by atoms with Crippen LogP contribution in [0.1, 0.15) is 29.7 Å². The van der Waals surface area contributed by atoms with E-state index in [4.69, 9.17) is 0 Å². The molecule has 0 fully saturated rings. The van der Waals surface area contributed by atoms with E-state index in [1.807, 2.05) is 0 Å². The molecule has 0 unspecified atom stereocenters. The quantitative estimate of drug-likeness (QED) is 0.668. The van der Waals surface area contributed by atoms with Crippen LogP contribution in [0.25, 0.3) is 0 Å². The summed E-state index contributed by atoms with van der Waals surface area (Å²) in [5, 5.41) is 2.10. The van der Waals surface area contributed by atoms with Crippen molar-refractivity contribution in [1.29, 1.82) is 0 Å². The molecule has 0 bridgehead atoms. The van der Waals surface area contributed by atoms with Gasteiger partial charge in [-0.2, -0.15) is 26.3 Å². The van der Waals surface area contributed by atoms with E-state index in [0.717, 1.165) is 0 Å². The fourth-order valence-corrected chi connectivity index (χ4v) is 1.43. The molecular formula is C11H9F6NO. The van der Waals surface area contributed by atoms with Gasteiger partial charge in [-0.15, -0.1) is 0 Å². The third-order valence-electron chi connectivity index (χ3n) is 2.43. The first-order valence-corrected chi connectivity index (χ1v) is 5.05. The molecule has 0 aromatic heterocycles. The summed E-state index contributed by atoms with van der Waals surface area (Å²) >= 11 is 0. The van der Waals surface area contributed by atoms with Crippen LogP contribution in [0.15, 0.2) is 18.2 Å². The zero-order chi connectivity index (χ0) is 14.8. The lowest BCUT2D eigenvalue weighted by Gasteiger charge is -2.17. The van der Waals surface area contributed by atoms with Crippen LogP contribution in [0, 0.1) is 0 Å². The van der Waals surface area contributed by atoms with Crippen LogP contribution < -0.4 is 5.32 Å². The Kier molecular flexibility index (Phi) is 4.12. The van der Waals surface area contributed by atoms with Gasteiger partial charge in [0, 0.05) is 0 Å². The number of alkyl halides is 6. The van der Waals surface area contributed by atoms with Gasteiger partial charge in [0.05, 0.1) is 17.2 Å². The summed E-state index contributed by atoms with van der Waals surface area (Å²) in [5.41, 5.74) is -3.08. The first kappa shape index (κ1) is 15.3. The molecule has 1 amide bonds. The SMILES string of the molecule is C[C@H](NC=O)c1cc(C(F)(F)F)cc(C(F)(F)F)c1. The molecule has 1 N–H and O–H groups in total. The van der Waals surface area contributed by atoms with Gasteiger partial charge in [0.15, 0.2) is 0 Å². The Morgan fingerprint density at radius 2 is 1.42 bits per heavy atom. The Bertz CT molecular complexity index is 433. The van der Waals surface area contributed by atoms with Crippen LogP contribution >= 0.6 is 0 Å². The Morgan fingerprint density at radius 1 is 1.00 bits per heavy atom. The van der Waals surface area contributed by atoms with Crippen LogP contribution in [0.4, 0.5) is 26.3 Å². The molecule has 1 aromatic carbocycles. The molecular weight excluding hydrogens is 276 g/mol. The summed E-state index contributed by atoms with van der Waals surface area (Å²) < 4.78 is 75.2. The fraction of sp³-hybridized carbons (Fsp3) is 0.364. The topological polar surface area (TPSA) is 29.1 Å². The van der Waals surface area contributed by atoms with Gasteiger partial charge in [-0.1, -0.05) is 0 Å². The highest BCUT2D eigenvalue weighted by Gasteiger charge is 2.37. The lowest BCUT2D eigenvalue weighted by molar-refractivity contribution is -0.143. The Morgan fingerprint density at radius 3 is 1.74 bits per heavy atom. The molecule has 1 atom stereocenters. The van der Waals surface area contributed by atoms with Crippen LogP contribution in [0.2, 0.25) is 0 Å². The first-order chi connectivity index (χ1) is 8.55. The number of nitrogens with one attached hydrogen (secondary N) is 1. The van der Waals surface area contributed by atoms with Gasteiger partial charge in [-0.05, 0) is 30.7 Å². The van der Waals surface area contributed by atoms with E-state index in [1.165, 1.54) is 6.92 Å². The standard InChI is InChI=1S/C11H9F6NO/c1-6(18-5-19)7-2-8(10(12,13)14)4-9(3-7)11(15,16)17/h2-6H,1H3,(H,18,19)/t6-/m0/s1. The maximum absolute atomic E-state index is 12.5. The van der Waals surface area contributed by atoms with Crippen LogP contribution in [0.3, 0.4) is 0 Å². The molecule has 0 spiro atoms. The lowest BCUT2D eigenvalue weighted by atomic mass is 10.0. The summed E-state index contributed by atoms with van der Waals surface area (Å²) in [6.45, 7) is 1.28. The van der Waals surface area contributed by atoms with Gasteiger partial charge in [0.1, 0.15) is 0 Å². The van der Waals surface area contributed by atoms with Gasteiger partial charge in [0.25, 0.3) is 0 Å². The summed E-state index contributed by atoms with van der Waals surface area (Å²) in [4.78, 5) is 10.2. The van der Waals surface area contributed by atoms with E-state index in [9.17, 15) is 31.1 Å². The average molecular weight is 285 g/mol. The smallest absolute Gasteiger partial charge is 0.352 e. The van der Waals surface area contributed by atoms with Crippen molar-refractivity contribution in [3.05, 3.63) is 34.9 Å². The Hall–Kier alpha value is -1.73. The number of carbonyl (C=O) groups is 1. The van der Waals surface area contributed by atoms with E-state index in [1.54, 1.807) is 0 Å². The van der Waals surface area contributed by atoms with Crippen molar-refractivity contribution in [3.8, 4) is 0 Å². The zero-order valence-corrected chi connectivity index (χ0v) is 9.56. The predicted octanol–water partition coefficient (Wildman–Crippen LogP) is 3.53. The second-order valence-corrected chi connectivity index (χ2v) is 3.85. The van der Waals surface area contributed by atoms with Crippen molar-refractivity contribution in [2.45, 2.75) is 25.3 Å². The highest BCUT2D eigenvalue weighted by molar-refractivity contribution is 5.48. The average Bonchev–Trinajstić information content (AvgIpc) is 2.26. The Balaban J connectivity index is 3.36. The van der Waals surface area contributed by atoms with Crippen LogP contribution in [-0.2, 0) is 17.1 Å². The van der Waals surface area contributed by atoms with Gasteiger partial charge >= 0.3 is 12.4 Å². The van der Waals surface area contributed by atoms with Gasteiger partial charge in [0.2, 0.25) is 6.41 Å². The molecule has 0 aliphatic rings. The molecule has 19 heavy (non-hydrogen) atoms. The normalized spacial score (nSPS) is 14.1. The van der Waals surface area contributed by atoms with E-state index >= 15 is 0 Å². The minimum Gasteiger partial charge on any atom is -0.352 e. The van der Waals surface area contributed by atoms with Gasteiger partial charge < -0.3 is 5.32 Å². The minimum absolute atomic E-state index is 0.0388. The molecule has 106 valence electrons. The predicted molar refractivity (Wildman–Crippen MR) is 54.1 cm³/mol. The van der Waals surface area contributed by atoms with E-state index in [2.05, 4.69) is 5.32 Å². The largest absolute Gasteiger partial charge is 0.416 e. The molecule has 0 aliphatic heterocycles. The maximum Gasteiger partial charge on any atom is 0.416 e. The Labute approximate surface area is 104 Å². The number of amides is 1. The highest BCUT2D eigenvalue weighted by Crippen LogP contribution is 2.37. The first-order valence-electron chi connectivity index (χ1n) is 5.05. The number of hydrogen-bond donors (Lipinski definition) is 1. The number of benzene rings is 1. The van der Waals surface area contributed by atoms with Crippen LogP contribution in [0.5, 0.6) is 0 Å². The van der Waals surface area contributed by atoms with Gasteiger partial charge in [-0.25, -0.2) is 0 Å². The summed E-state index contributed by atoms with van der Waals surface area (Å²) in [6, 6.07) is 0.241. The van der Waals surface area contributed by atoms with E-state index in [0.29, 0.717) is 12.1 Å². The number of halogens is 6. The molecule has 0 saturated carbocycles. The molecule has 0 radical (unpaired) electrons. The van der Waals surface area contributed by atoms with Crippen molar-refractivity contribution in [3.63, 3.8) is 0 Å². The molecule has 0 heterocycles. The number of carbonyl (C=O) groups excluding carboxylic acids is 1. The van der Waals surface area contributed by atoms with E-state index < -0.39 is 29.5 Å². The summed E-state index contributed by atoms with van der Waals surface area (Å²) in [5.74, 6) is 0. The maximum atomic E-state index is 12.5. The monoisotopic (exact) mass is 285 g/mol. The van der Waals surface area contributed by atoms with Crippen LogP contribution in [-0.4, -0.2) is 6.41 Å². The third kappa shape index (κ3) is 3.87. The number of hydrogen-bond acceptors (Lipinski definition) is 1. The number of rotatable bonds is 3. The zero-order valence-electron chi connectivity index (χ0n) is 9.56. The van der Waals surface area contributed by atoms with E-state index in [-0.39, 0.29) is 18.0 Å². The molecule has 0 saturated heterocycles. The molecule has 1 rings (SSSR count). The summed E-state index contributed by atoms with van der Waals surface area (Å²) in [7, 11) is 0. The third-order valence-corrected chi connectivity index (χ3v) is 2.43. The van der Waals surface area contributed by atoms with Gasteiger partial charge in [-0.3, -0.25) is 4.79 Å². The van der Waals surface area contributed by atoms with Crippen molar-refractivity contribution < 1.29 is 31.1 Å². The molecule has 2 nitrogen and oxygen atoms in total. The second kappa shape index (κ2) is 5.10. The van der Waals surface area contributed by atoms with Crippen molar-refractivity contribution in [2.75, 3.05) is 0 Å².